The van der Waals surface area contributed by atoms with Crippen molar-refractivity contribution in [1.29, 1.82) is 0 Å². The lowest BCUT2D eigenvalue weighted by Crippen LogP contribution is -2.45. The van der Waals surface area contributed by atoms with Crippen molar-refractivity contribution in [2.45, 2.75) is 86.4 Å². The molecule has 1 saturated heterocycles. The highest BCUT2D eigenvalue weighted by Gasteiger charge is 2.43. The first-order valence-corrected chi connectivity index (χ1v) is 8.76. The van der Waals surface area contributed by atoms with Gasteiger partial charge in [-0.1, -0.05) is 67.7 Å². The van der Waals surface area contributed by atoms with E-state index >= 15 is 0 Å². The maximum absolute atomic E-state index is 12.7. The van der Waals surface area contributed by atoms with E-state index in [0.717, 1.165) is 6.54 Å². The van der Waals surface area contributed by atoms with Gasteiger partial charge in [0.25, 0.3) is 0 Å². The van der Waals surface area contributed by atoms with E-state index in [4.69, 9.17) is 0 Å². The molecule has 0 aromatic carbocycles. The second-order valence-electron chi connectivity index (χ2n) is 8.16. The molecule has 124 valence electrons. The summed E-state index contributed by atoms with van der Waals surface area (Å²) in [5.41, 5.74) is 0.200. The van der Waals surface area contributed by atoms with E-state index in [1.165, 1.54) is 25.7 Å². The van der Waals surface area contributed by atoms with Crippen LogP contribution in [0.4, 0.5) is 0 Å². The first-order valence-electron chi connectivity index (χ1n) is 8.76. The highest BCUT2D eigenvalue weighted by molar-refractivity contribution is 5.84. The summed E-state index contributed by atoms with van der Waals surface area (Å²) in [4.78, 5) is 14.8. The van der Waals surface area contributed by atoms with E-state index < -0.39 is 0 Å². The molecule has 0 bridgehead atoms. The third kappa shape index (κ3) is 4.98. The number of nitrogens with one attached hydrogen (secondary N) is 1. The second-order valence-corrected chi connectivity index (χ2v) is 8.16. The second kappa shape index (κ2) is 7.62. The van der Waals surface area contributed by atoms with E-state index in [1.807, 2.05) is 0 Å². The van der Waals surface area contributed by atoms with Crippen LogP contribution < -0.4 is 5.32 Å². The number of hydrogen-bond donors (Lipinski definition) is 1. The summed E-state index contributed by atoms with van der Waals surface area (Å²) in [6.07, 6.45) is 5.19. The molecule has 3 heteroatoms. The van der Waals surface area contributed by atoms with Crippen molar-refractivity contribution in [1.82, 2.24) is 10.2 Å². The maximum atomic E-state index is 12.7. The van der Waals surface area contributed by atoms with E-state index in [9.17, 15) is 4.79 Å². The molecule has 0 spiro atoms. The standard InChI is InChI=1S/C18H36N2O/c1-8-9-10-11-18(6,7)12-20-16(14(4)5)19-15(13(2)3)17(20)21/h13-16,19H,8-12H2,1-7H3. The van der Waals surface area contributed by atoms with Gasteiger partial charge in [0.1, 0.15) is 0 Å². The number of carbonyl (C=O) groups is 1. The van der Waals surface area contributed by atoms with Gasteiger partial charge in [-0.15, -0.1) is 0 Å². The Morgan fingerprint density at radius 3 is 2.24 bits per heavy atom. The summed E-state index contributed by atoms with van der Waals surface area (Å²) in [7, 11) is 0. The molecule has 2 atom stereocenters. The maximum Gasteiger partial charge on any atom is 0.241 e. The minimum atomic E-state index is -0.0103. The average Bonchev–Trinajstić information content (AvgIpc) is 2.67. The van der Waals surface area contributed by atoms with Crippen LogP contribution in [0.2, 0.25) is 0 Å². The zero-order valence-corrected chi connectivity index (χ0v) is 15.2. The van der Waals surface area contributed by atoms with Gasteiger partial charge in [-0.2, -0.15) is 0 Å². The smallest absolute Gasteiger partial charge is 0.241 e. The molecule has 0 aliphatic carbocycles. The molecule has 1 aliphatic heterocycles. The van der Waals surface area contributed by atoms with Gasteiger partial charge in [-0.25, -0.2) is 0 Å². The molecule has 0 aromatic rings. The third-order valence-electron chi connectivity index (χ3n) is 4.59. The predicted octanol–water partition coefficient (Wildman–Crippen LogP) is 4.03. The molecule has 0 aromatic heterocycles. The lowest BCUT2D eigenvalue weighted by atomic mass is 9.86. The van der Waals surface area contributed by atoms with Crippen LogP contribution >= 0.6 is 0 Å². The number of rotatable bonds is 8. The lowest BCUT2D eigenvalue weighted by Gasteiger charge is -2.35. The lowest BCUT2D eigenvalue weighted by molar-refractivity contribution is -0.132. The van der Waals surface area contributed by atoms with E-state index in [-0.39, 0.29) is 17.6 Å². The molecule has 1 N–H and O–H groups in total. The van der Waals surface area contributed by atoms with Crippen molar-refractivity contribution < 1.29 is 4.79 Å². The highest BCUT2D eigenvalue weighted by Crippen LogP contribution is 2.30. The molecule has 1 rings (SSSR count). The van der Waals surface area contributed by atoms with E-state index in [0.29, 0.717) is 17.7 Å². The van der Waals surface area contributed by atoms with Crippen LogP contribution in [0.3, 0.4) is 0 Å². The molecular formula is C18H36N2O. The van der Waals surface area contributed by atoms with Gasteiger partial charge in [0, 0.05) is 6.54 Å². The summed E-state index contributed by atoms with van der Waals surface area (Å²) in [6, 6.07) is -0.0103. The minimum absolute atomic E-state index is 0.0103. The minimum Gasteiger partial charge on any atom is -0.325 e. The number of amides is 1. The van der Waals surface area contributed by atoms with Gasteiger partial charge in [-0.3, -0.25) is 10.1 Å². The third-order valence-corrected chi connectivity index (χ3v) is 4.59. The van der Waals surface area contributed by atoms with Crippen LogP contribution in [0, 0.1) is 17.3 Å². The molecule has 21 heavy (non-hydrogen) atoms. The molecule has 1 fully saturated rings. The van der Waals surface area contributed by atoms with Crippen LogP contribution in [0.15, 0.2) is 0 Å². The van der Waals surface area contributed by atoms with Crippen molar-refractivity contribution >= 4 is 5.91 Å². The summed E-state index contributed by atoms with van der Waals surface area (Å²) < 4.78 is 0. The zero-order chi connectivity index (χ0) is 16.2. The predicted molar refractivity (Wildman–Crippen MR) is 90.0 cm³/mol. The SMILES string of the molecule is CCCCCC(C)(C)CN1C(=O)C(C(C)C)NC1C(C)C. The van der Waals surface area contributed by atoms with Crippen molar-refractivity contribution in [3.05, 3.63) is 0 Å². The molecule has 1 aliphatic rings. The summed E-state index contributed by atoms with van der Waals surface area (Å²) in [5, 5.41) is 3.56. The molecule has 0 radical (unpaired) electrons. The van der Waals surface area contributed by atoms with Gasteiger partial charge in [0.15, 0.2) is 0 Å². The van der Waals surface area contributed by atoms with Crippen molar-refractivity contribution in [3.63, 3.8) is 0 Å². The van der Waals surface area contributed by atoms with Crippen molar-refractivity contribution in [2.24, 2.45) is 17.3 Å². The van der Waals surface area contributed by atoms with Crippen LogP contribution in [0.25, 0.3) is 0 Å². The van der Waals surface area contributed by atoms with Crippen LogP contribution in [0.5, 0.6) is 0 Å². The van der Waals surface area contributed by atoms with Crippen molar-refractivity contribution in [2.75, 3.05) is 6.54 Å². The Bertz CT molecular complexity index is 336. The molecule has 3 nitrogen and oxygen atoms in total. The highest BCUT2D eigenvalue weighted by atomic mass is 16.2. The summed E-state index contributed by atoms with van der Waals surface area (Å²) in [5.74, 6) is 1.10. The summed E-state index contributed by atoms with van der Waals surface area (Å²) in [6.45, 7) is 16.4. The van der Waals surface area contributed by atoms with Gasteiger partial charge in [0.2, 0.25) is 5.91 Å². The van der Waals surface area contributed by atoms with Crippen LogP contribution in [-0.2, 0) is 4.79 Å². The number of nitrogens with zero attached hydrogens (tertiary/aromatic N) is 1. The molecular weight excluding hydrogens is 260 g/mol. The first kappa shape index (κ1) is 18.5. The Morgan fingerprint density at radius 1 is 1.14 bits per heavy atom. The van der Waals surface area contributed by atoms with Gasteiger partial charge >= 0.3 is 0 Å². The molecule has 1 heterocycles. The number of unbranched alkanes of at least 4 members (excludes halogenated alkanes) is 2. The van der Waals surface area contributed by atoms with E-state index in [2.05, 4.69) is 58.7 Å². The Labute approximate surface area is 131 Å². The largest absolute Gasteiger partial charge is 0.325 e. The van der Waals surface area contributed by atoms with Crippen LogP contribution in [0.1, 0.15) is 74.1 Å². The van der Waals surface area contributed by atoms with Gasteiger partial charge in [-0.05, 0) is 23.7 Å². The fourth-order valence-corrected chi connectivity index (χ4v) is 3.26. The van der Waals surface area contributed by atoms with Crippen LogP contribution in [-0.4, -0.2) is 29.6 Å². The van der Waals surface area contributed by atoms with E-state index in [1.54, 1.807) is 0 Å². The Hall–Kier alpha value is -0.570. The number of carbonyl (C=O) groups excluding carboxylic acids is 1. The average molecular weight is 296 g/mol. The molecule has 2 unspecified atom stereocenters. The number of hydrogen-bond acceptors (Lipinski definition) is 2. The Morgan fingerprint density at radius 2 is 1.76 bits per heavy atom. The van der Waals surface area contributed by atoms with Gasteiger partial charge < -0.3 is 4.90 Å². The Kier molecular flexibility index (Phi) is 6.71. The fraction of sp³-hybridized carbons (Fsp3) is 0.944. The quantitative estimate of drug-likeness (QED) is 0.686. The normalized spacial score (nSPS) is 23.7. The monoisotopic (exact) mass is 296 g/mol. The van der Waals surface area contributed by atoms with Gasteiger partial charge in [0.05, 0.1) is 12.2 Å². The topological polar surface area (TPSA) is 32.3 Å². The fourth-order valence-electron chi connectivity index (χ4n) is 3.26. The molecule has 1 amide bonds. The zero-order valence-electron chi connectivity index (χ0n) is 15.2. The molecule has 0 saturated carbocycles. The summed E-state index contributed by atoms with van der Waals surface area (Å²) >= 11 is 0. The van der Waals surface area contributed by atoms with Crippen molar-refractivity contribution in [3.8, 4) is 0 Å². The first-order chi connectivity index (χ1) is 9.69. The Balaban J connectivity index is 2.75.